The highest BCUT2D eigenvalue weighted by Crippen LogP contribution is 2.43. The summed E-state index contributed by atoms with van der Waals surface area (Å²) in [4.78, 5) is 15.5. The molecule has 0 spiro atoms. The fourth-order valence-electron chi connectivity index (χ4n) is 8.88. The first-order valence-electron chi connectivity index (χ1n) is 20.6. The molecule has 0 aliphatic carbocycles. The molecule has 12 rings (SSSR count). The van der Waals surface area contributed by atoms with Crippen LogP contribution in [0.5, 0.6) is 0 Å². The highest BCUT2D eigenvalue weighted by atomic mass is 16.3. The zero-order valence-corrected chi connectivity index (χ0v) is 33.0. The van der Waals surface area contributed by atoms with Crippen LogP contribution >= 0.6 is 0 Å². The summed E-state index contributed by atoms with van der Waals surface area (Å²) >= 11 is 0. The van der Waals surface area contributed by atoms with Crippen molar-refractivity contribution >= 4 is 54.4 Å². The van der Waals surface area contributed by atoms with Gasteiger partial charge in [0.2, 0.25) is 0 Å². The summed E-state index contributed by atoms with van der Waals surface area (Å²) in [6.07, 6.45) is 0. The molecule has 0 fully saturated rings. The predicted molar refractivity (Wildman–Crippen MR) is 252 cm³/mol. The van der Waals surface area contributed by atoms with Crippen molar-refractivity contribution in [2.75, 3.05) is 0 Å². The quantitative estimate of drug-likeness (QED) is 0.158. The number of rotatable bonds is 6. The van der Waals surface area contributed by atoms with Gasteiger partial charge in [-0.05, 0) is 74.1 Å². The van der Waals surface area contributed by atoms with Crippen LogP contribution in [-0.4, -0.2) is 15.0 Å². The van der Waals surface area contributed by atoms with Gasteiger partial charge in [-0.2, -0.15) is 0 Å². The van der Waals surface area contributed by atoms with Gasteiger partial charge in [-0.1, -0.05) is 182 Å². The Morgan fingerprint density at radius 2 is 0.885 bits per heavy atom. The zero-order chi connectivity index (χ0) is 40.3. The summed E-state index contributed by atoms with van der Waals surface area (Å²) in [7, 11) is 0. The third-order valence-electron chi connectivity index (χ3n) is 11.9. The van der Waals surface area contributed by atoms with Gasteiger partial charge in [0.1, 0.15) is 11.3 Å². The number of para-hydroxylation sites is 1. The highest BCUT2D eigenvalue weighted by molar-refractivity contribution is 6.23. The summed E-state index contributed by atoms with van der Waals surface area (Å²) in [6.45, 7) is 0. The maximum Gasteiger partial charge on any atom is 0.162 e. The van der Waals surface area contributed by atoms with E-state index in [0.29, 0.717) is 5.82 Å². The Morgan fingerprint density at radius 3 is 1.66 bits per heavy atom. The second-order valence-electron chi connectivity index (χ2n) is 15.5. The standard InChI is InChI=1S/C57H35N3O/c1-3-14-37(15-4-1)50-35-51(60-57(59-50)39-16-5-2-6-17-39)38-28-26-36(27-29-38)40-19-13-20-41(32-40)42-30-31-47-52(34-42)58-55(56-54(47)48-24-11-12-25-53(48)61-56)49-33-43-18-7-8-21-44(43)45-22-9-10-23-46(45)49/h1-35H. The lowest BCUT2D eigenvalue weighted by molar-refractivity contribution is 0.669. The Labute approximate surface area is 352 Å². The Kier molecular flexibility index (Phi) is 8.13. The first-order chi connectivity index (χ1) is 30.2. The molecular weight excluding hydrogens is 743 g/mol. The van der Waals surface area contributed by atoms with Crippen molar-refractivity contribution in [2.24, 2.45) is 0 Å². The second-order valence-corrected chi connectivity index (χ2v) is 15.5. The van der Waals surface area contributed by atoms with Crippen LogP contribution < -0.4 is 0 Å². The van der Waals surface area contributed by atoms with Crippen molar-refractivity contribution in [3.63, 3.8) is 0 Å². The van der Waals surface area contributed by atoms with Crippen molar-refractivity contribution in [3.8, 4) is 67.4 Å². The van der Waals surface area contributed by atoms with Crippen LogP contribution in [-0.2, 0) is 0 Å². The molecule has 12 aromatic rings. The molecule has 0 saturated carbocycles. The van der Waals surface area contributed by atoms with Crippen molar-refractivity contribution in [2.45, 2.75) is 0 Å². The van der Waals surface area contributed by atoms with Crippen LogP contribution in [0.3, 0.4) is 0 Å². The van der Waals surface area contributed by atoms with E-state index in [1.54, 1.807) is 0 Å². The van der Waals surface area contributed by atoms with E-state index < -0.39 is 0 Å². The number of hydrogen-bond acceptors (Lipinski definition) is 4. The number of hydrogen-bond donors (Lipinski definition) is 0. The molecule has 3 heterocycles. The van der Waals surface area contributed by atoms with Gasteiger partial charge in [-0.3, -0.25) is 0 Å². The molecule has 4 nitrogen and oxygen atoms in total. The average molecular weight is 778 g/mol. The largest absolute Gasteiger partial charge is 0.454 e. The fraction of sp³-hybridized carbons (Fsp3) is 0. The zero-order valence-electron chi connectivity index (χ0n) is 33.0. The van der Waals surface area contributed by atoms with Crippen molar-refractivity contribution < 1.29 is 4.42 Å². The highest BCUT2D eigenvalue weighted by Gasteiger charge is 2.21. The van der Waals surface area contributed by atoms with E-state index in [-0.39, 0.29) is 0 Å². The van der Waals surface area contributed by atoms with Gasteiger partial charge in [-0.15, -0.1) is 0 Å². The summed E-state index contributed by atoms with van der Waals surface area (Å²) in [6, 6.07) is 74.4. The van der Waals surface area contributed by atoms with E-state index in [4.69, 9.17) is 19.4 Å². The van der Waals surface area contributed by atoms with Crippen LogP contribution in [0.15, 0.2) is 217 Å². The number of benzene rings is 9. The van der Waals surface area contributed by atoms with Gasteiger partial charge < -0.3 is 4.42 Å². The Bertz CT molecular complexity index is 3570. The molecule has 0 radical (unpaired) electrons. The summed E-state index contributed by atoms with van der Waals surface area (Å²) in [5, 5.41) is 7.99. The molecule has 61 heavy (non-hydrogen) atoms. The Balaban J connectivity index is 0.955. The minimum Gasteiger partial charge on any atom is -0.454 e. The van der Waals surface area contributed by atoms with Crippen LogP contribution in [0.25, 0.3) is 122 Å². The SMILES string of the molecule is c1ccc(-c2cc(-c3ccc(-c4cccc(-c5ccc6c(c5)nc(-c5cc7ccccc7c7ccccc57)c5oc7ccccc7c56)c4)cc3)nc(-c3ccccc3)n2)cc1. The average Bonchev–Trinajstić information content (AvgIpc) is 3.74. The van der Waals surface area contributed by atoms with Gasteiger partial charge >= 0.3 is 0 Å². The first kappa shape index (κ1) is 34.8. The van der Waals surface area contributed by atoms with Crippen molar-refractivity contribution in [3.05, 3.63) is 212 Å². The summed E-state index contributed by atoms with van der Waals surface area (Å²) in [5.41, 5.74) is 13.8. The van der Waals surface area contributed by atoms with Crippen molar-refractivity contribution in [1.29, 1.82) is 0 Å². The molecule has 0 amide bonds. The fourth-order valence-corrected chi connectivity index (χ4v) is 8.88. The van der Waals surface area contributed by atoms with Gasteiger partial charge in [0.15, 0.2) is 11.4 Å². The third-order valence-corrected chi connectivity index (χ3v) is 11.9. The van der Waals surface area contributed by atoms with Crippen LogP contribution in [0.1, 0.15) is 0 Å². The van der Waals surface area contributed by atoms with E-state index in [2.05, 4.69) is 164 Å². The molecule has 0 aliphatic heterocycles. The van der Waals surface area contributed by atoms with E-state index in [0.717, 1.165) is 99.8 Å². The minimum absolute atomic E-state index is 0.707. The van der Waals surface area contributed by atoms with Gasteiger partial charge in [0.25, 0.3) is 0 Å². The van der Waals surface area contributed by atoms with Crippen LogP contribution in [0, 0.1) is 0 Å². The van der Waals surface area contributed by atoms with E-state index in [9.17, 15) is 0 Å². The molecule has 0 atom stereocenters. The molecule has 4 heteroatoms. The molecule has 0 aliphatic rings. The lowest BCUT2D eigenvalue weighted by Gasteiger charge is -2.13. The predicted octanol–water partition coefficient (Wildman–Crippen LogP) is 15.2. The first-order valence-corrected chi connectivity index (χ1v) is 20.6. The maximum atomic E-state index is 6.71. The Hall–Kier alpha value is -8.21. The van der Waals surface area contributed by atoms with Gasteiger partial charge in [-0.25, -0.2) is 15.0 Å². The molecule has 0 bridgehead atoms. The van der Waals surface area contributed by atoms with E-state index in [1.807, 2.05) is 48.5 Å². The minimum atomic E-state index is 0.707. The molecular formula is C57H35N3O. The number of pyridine rings is 1. The number of fused-ring (bicyclic) bond motifs is 8. The Morgan fingerprint density at radius 1 is 0.328 bits per heavy atom. The van der Waals surface area contributed by atoms with Crippen LogP contribution in [0.4, 0.5) is 0 Å². The van der Waals surface area contributed by atoms with E-state index in [1.165, 1.54) is 16.2 Å². The molecule has 0 N–H and O–H groups in total. The third kappa shape index (κ3) is 6.04. The van der Waals surface area contributed by atoms with E-state index >= 15 is 0 Å². The van der Waals surface area contributed by atoms with Crippen molar-refractivity contribution in [1.82, 2.24) is 15.0 Å². The molecule has 9 aromatic carbocycles. The smallest absolute Gasteiger partial charge is 0.162 e. The second kappa shape index (κ2) is 14.3. The number of nitrogens with zero attached hydrogens (tertiary/aromatic N) is 3. The normalized spacial score (nSPS) is 11.6. The van der Waals surface area contributed by atoms with Crippen LogP contribution in [0.2, 0.25) is 0 Å². The topological polar surface area (TPSA) is 51.8 Å². The molecule has 3 aromatic heterocycles. The van der Waals surface area contributed by atoms with Gasteiger partial charge in [0, 0.05) is 38.4 Å². The summed E-state index contributed by atoms with van der Waals surface area (Å²) in [5.74, 6) is 0.707. The molecule has 0 unspecified atom stereocenters. The maximum absolute atomic E-state index is 6.71. The molecule has 284 valence electrons. The lowest BCUT2D eigenvalue weighted by Crippen LogP contribution is -1.95. The monoisotopic (exact) mass is 777 g/mol. The lowest BCUT2D eigenvalue weighted by atomic mass is 9.93. The number of furan rings is 1. The number of aromatic nitrogens is 3. The molecule has 0 saturated heterocycles. The van der Waals surface area contributed by atoms with Gasteiger partial charge in [0.05, 0.1) is 16.9 Å². The summed E-state index contributed by atoms with van der Waals surface area (Å²) < 4.78 is 6.71.